The van der Waals surface area contributed by atoms with E-state index in [4.69, 9.17) is 0 Å². The van der Waals surface area contributed by atoms with Gasteiger partial charge in [-0.15, -0.1) is 0 Å². The minimum atomic E-state index is -1.05. The van der Waals surface area contributed by atoms with E-state index in [0.717, 1.165) is 25.2 Å². The molecule has 0 radical (unpaired) electrons. The standard InChI is InChI=1S/C10H12N4O4/c15-8(16)10(3-1-2-4-10)13-9-11-5-7(6-12-9)14(17)18/h5-6H,1-4H2,(H,15,16)(H,11,12,13). The first-order chi connectivity index (χ1) is 8.53. The second-order valence-corrected chi connectivity index (χ2v) is 4.24. The van der Waals surface area contributed by atoms with Crippen LogP contribution in [0.1, 0.15) is 25.7 Å². The number of carboxylic acids is 1. The van der Waals surface area contributed by atoms with Gasteiger partial charge in [0.1, 0.15) is 17.9 Å². The third kappa shape index (κ3) is 2.22. The third-order valence-electron chi connectivity index (χ3n) is 3.07. The first-order valence-corrected chi connectivity index (χ1v) is 5.51. The molecule has 8 heteroatoms. The summed E-state index contributed by atoms with van der Waals surface area (Å²) in [6.07, 6.45) is 4.77. The molecule has 0 aromatic carbocycles. The summed E-state index contributed by atoms with van der Waals surface area (Å²) in [4.78, 5) is 28.6. The number of aliphatic carboxylic acids is 1. The van der Waals surface area contributed by atoms with Gasteiger partial charge in [0.2, 0.25) is 5.95 Å². The van der Waals surface area contributed by atoms with Crippen molar-refractivity contribution in [3.63, 3.8) is 0 Å². The van der Waals surface area contributed by atoms with E-state index < -0.39 is 16.4 Å². The van der Waals surface area contributed by atoms with Gasteiger partial charge in [-0.25, -0.2) is 14.8 Å². The number of hydrogen-bond acceptors (Lipinski definition) is 6. The summed E-state index contributed by atoms with van der Waals surface area (Å²) in [5.41, 5.74) is -1.27. The zero-order chi connectivity index (χ0) is 13.2. The minimum absolute atomic E-state index is 0.102. The van der Waals surface area contributed by atoms with Crippen molar-refractivity contribution in [2.45, 2.75) is 31.2 Å². The summed E-state index contributed by atoms with van der Waals surface area (Å²) in [5, 5.41) is 22.5. The van der Waals surface area contributed by atoms with Crippen LogP contribution >= 0.6 is 0 Å². The average molecular weight is 252 g/mol. The van der Waals surface area contributed by atoms with Gasteiger partial charge in [-0.2, -0.15) is 0 Å². The van der Waals surface area contributed by atoms with Gasteiger partial charge in [0.15, 0.2) is 0 Å². The molecule has 96 valence electrons. The molecule has 0 saturated heterocycles. The molecule has 8 nitrogen and oxygen atoms in total. The smallest absolute Gasteiger partial charge is 0.329 e. The number of rotatable bonds is 4. The molecule has 18 heavy (non-hydrogen) atoms. The van der Waals surface area contributed by atoms with Crippen LogP contribution in [0.4, 0.5) is 11.6 Å². The number of nitro groups is 1. The van der Waals surface area contributed by atoms with E-state index in [-0.39, 0.29) is 11.6 Å². The van der Waals surface area contributed by atoms with Gasteiger partial charge < -0.3 is 10.4 Å². The molecule has 1 aliphatic rings. The van der Waals surface area contributed by atoms with Gasteiger partial charge >= 0.3 is 11.7 Å². The fraction of sp³-hybridized carbons (Fsp3) is 0.500. The van der Waals surface area contributed by atoms with Crippen molar-refractivity contribution in [1.29, 1.82) is 0 Å². The third-order valence-corrected chi connectivity index (χ3v) is 3.07. The Bertz CT molecular complexity index is 467. The lowest BCUT2D eigenvalue weighted by Gasteiger charge is -2.24. The summed E-state index contributed by atoms with van der Waals surface area (Å²) in [6.45, 7) is 0. The van der Waals surface area contributed by atoms with Crippen LogP contribution in [0.15, 0.2) is 12.4 Å². The van der Waals surface area contributed by atoms with Crippen LogP contribution in [0.25, 0.3) is 0 Å². The molecule has 0 atom stereocenters. The Kier molecular flexibility index (Phi) is 3.09. The molecule has 0 amide bonds. The monoisotopic (exact) mass is 252 g/mol. The summed E-state index contributed by atoms with van der Waals surface area (Å²) in [7, 11) is 0. The topological polar surface area (TPSA) is 118 Å². The molecule has 1 saturated carbocycles. The van der Waals surface area contributed by atoms with Crippen molar-refractivity contribution in [3.05, 3.63) is 22.5 Å². The Morgan fingerprint density at radius 2 is 1.94 bits per heavy atom. The molecule has 0 unspecified atom stereocenters. The second kappa shape index (κ2) is 4.55. The molecule has 1 heterocycles. The number of aromatic nitrogens is 2. The lowest BCUT2D eigenvalue weighted by atomic mass is 9.98. The maximum atomic E-state index is 11.3. The van der Waals surface area contributed by atoms with E-state index in [9.17, 15) is 20.0 Å². The number of nitrogens with zero attached hydrogens (tertiary/aromatic N) is 3. The molecule has 0 spiro atoms. The molecule has 1 aromatic rings. The number of carboxylic acid groups (broad SMARTS) is 1. The Morgan fingerprint density at radius 3 is 2.39 bits per heavy atom. The minimum Gasteiger partial charge on any atom is -0.480 e. The van der Waals surface area contributed by atoms with Crippen molar-refractivity contribution >= 4 is 17.6 Å². The van der Waals surface area contributed by atoms with Gasteiger partial charge in [-0.05, 0) is 12.8 Å². The maximum absolute atomic E-state index is 11.3. The molecular formula is C10H12N4O4. The quantitative estimate of drug-likeness (QED) is 0.610. The summed E-state index contributed by atoms with van der Waals surface area (Å²) >= 11 is 0. The first-order valence-electron chi connectivity index (χ1n) is 5.51. The zero-order valence-corrected chi connectivity index (χ0v) is 9.50. The molecule has 2 rings (SSSR count). The molecule has 1 aromatic heterocycles. The second-order valence-electron chi connectivity index (χ2n) is 4.24. The van der Waals surface area contributed by atoms with Crippen molar-refractivity contribution in [1.82, 2.24) is 9.97 Å². The zero-order valence-electron chi connectivity index (χ0n) is 9.50. The predicted octanol–water partition coefficient (Wildman–Crippen LogP) is 1.19. The first kappa shape index (κ1) is 12.2. The van der Waals surface area contributed by atoms with E-state index in [1.807, 2.05) is 0 Å². The van der Waals surface area contributed by atoms with Crippen LogP contribution in [-0.2, 0) is 4.79 Å². The van der Waals surface area contributed by atoms with Crippen LogP contribution in [0, 0.1) is 10.1 Å². The molecule has 1 aliphatic carbocycles. The largest absolute Gasteiger partial charge is 0.480 e. The highest BCUT2D eigenvalue weighted by atomic mass is 16.6. The Labute approximate surface area is 102 Å². The fourth-order valence-electron chi connectivity index (χ4n) is 2.06. The van der Waals surface area contributed by atoms with Crippen molar-refractivity contribution in [3.8, 4) is 0 Å². The highest BCUT2D eigenvalue weighted by Crippen LogP contribution is 2.32. The van der Waals surface area contributed by atoms with Crippen LogP contribution in [0.2, 0.25) is 0 Å². The van der Waals surface area contributed by atoms with Gasteiger partial charge in [0.25, 0.3) is 0 Å². The molecular weight excluding hydrogens is 240 g/mol. The van der Waals surface area contributed by atoms with E-state index in [0.29, 0.717) is 12.8 Å². The maximum Gasteiger partial charge on any atom is 0.329 e. The van der Waals surface area contributed by atoms with Gasteiger partial charge in [0, 0.05) is 0 Å². The number of hydrogen-bond donors (Lipinski definition) is 2. The highest BCUT2D eigenvalue weighted by molar-refractivity contribution is 5.82. The van der Waals surface area contributed by atoms with E-state index in [1.165, 1.54) is 0 Å². The normalized spacial score (nSPS) is 17.3. The van der Waals surface area contributed by atoms with Crippen molar-refractivity contribution in [2.24, 2.45) is 0 Å². The Balaban J connectivity index is 2.17. The number of carbonyl (C=O) groups is 1. The van der Waals surface area contributed by atoms with Crippen molar-refractivity contribution in [2.75, 3.05) is 5.32 Å². The van der Waals surface area contributed by atoms with Crippen LogP contribution in [0.5, 0.6) is 0 Å². The van der Waals surface area contributed by atoms with Crippen LogP contribution in [-0.4, -0.2) is 31.5 Å². The van der Waals surface area contributed by atoms with E-state index in [1.54, 1.807) is 0 Å². The fourth-order valence-corrected chi connectivity index (χ4v) is 2.06. The molecule has 0 bridgehead atoms. The van der Waals surface area contributed by atoms with E-state index >= 15 is 0 Å². The Morgan fingerprint density at radius 1 is 1.39 bits per heavy atom. The average Bonchev–Trinajstić information content (AvgIpc) is 2.79. The lowest BCUT2D eigenvalue weighted by molar-refractivity contribution is -0.385. The lowest BCUT2D eigenvalue weighted by Crippen LogP contribution is -2.44. The molecule has 1 fully saturated rings. The number of anilines is 1. The predicted molar refractivity (Wildman–Crippen MR) is 61.1 cm³/mol. The van der Waals surface area contributed by atoms with Crippen molar-refractivity contribution < 1.29 is 14.8 Å². The van der Waals surface area contributed by atoms with Gasteiger partial charge in [-0.3, -0.25) is 10.1 Å². The molecule has 2 N–H and O–H groups in total. The van der Waals surface area contributed by atoms with E-state index in [2.05, 4.69) is 15.3 Å². The van der Waals surface area contributed by atoms with Gasteiger partial charge in [0.05, 0.1) is 4.92 Å². The van der Waals surface area contributed by atoms with Crippen LogP contribution in [0.3, 0.4) is 0 Å². The number of nitrogens with one attached hydrogen (secondary N) is 1. The summed E-state index contributed by atoms with van der Waals surface area (Å²) in [6, 6.07) is 0. The van der Waals surface area contributed by atoms with Crippen LogP contribution < -0.4 is 5.32 Å². The summed E-state index contributed by atoms with van der Waals surface area (Å²) < 4.78 is 0. The Hall–Kier alpha value is -2.25. The SMILES string of the molecule is O=C(O)C1(Nc2ncc([N+](=O)[O-])cn2)CCCC1. The highest BCUT2D eigenvalue weighted by Gasteiger charge is 2.41. The molecule has 0 aliphatic heterocycles. The van der Waals surface area contributed by atoms with Gasteiger partial charge in [-0.1, -0.05) is 12.8 Å². The summed E-state index contributed by atoms with van der Waals surface area (Å²) in [5.74, 6) is -0.841.